The first-order valence-electron chi connectivity index (χ1n) is 5.21. The minimum Gasteiger partial charge on any atom is -0.392 e. The highest BCUT2D eigenvalue weighted by molar-refractivity contribution is 5.53. The van der Waals surface area contributed by atoms with Gasteiger partial charge < -0.3 is 9.67 Å². The van der Waals surface area contributed by atoms with Crippen molar-refractivity contribution in [3.8, 4) is 0 Å². The van der Waals surface area contributed by atoms with E-state index in [9.17, 15) is 0 Å². The van der Waals surface area contributed by atoms with E-state index in [2.05, 4.69) is 11.1 Å². The molecular formula is C13H14N2O. The topological polar surface area (TPSA) is 38.0 Å². The molecule has 0 saturated heterocycles. The van der Waals surface area contributed by atoms with Crippen LogP contribution in [0.25, 0.3) is 6.08 Å². The van der Waals surface area contributed by atoms with Crippen molar-refractivity contribution in [3.63, 3.8) is 0 Å². The summed E-state index contributed by atoms with van der Waals surface area (Å²) in [5.74, 6) is 0. The van der Waals surface area contributed by atoms with E-state index in [1.165, 1.54) is 5.56 Å². The van der Waals surface area contributed by atoms with Crippen molar-refractivity contribution in [1.29, 1.82) is 0 Å². The SMILES string of the molecule is OC/C=C\c1ccccc1Cn1ccnc1. The number of aromatic nitrogens is 2. The van der Waals surface area contributed by atoms with Crippen molar-refractivity contribution in [1.82, 2.24) is 9.55 Å². The van der Waals surface area contributed by atoms with Crippen LogP contribution in [0, 0.1) is 0 Å². The predicted octanol–water partition coefficient (Wildman–Crippen LogP) is 1.94. The lowest BCUT2D eigenvalue weighted by Gasteiger charge is -2.06. The molecule has 0 aliphatic rings. The molecule has 82 valence electrons. The van der Waals surface area contributed by atoms with Gasteiger partial charge in [-0.25, -0.2) is 4.98 Å². The Morgan fingerprint density at radius 3 is 2.94 bits per heavy atom. The maximum atomic E-state index is 8.77. The van der Waals surface area contributed by atoms with Gasteiger partial charge >= 0.3 is 0 Å². The number of benzene rings is 1. The number of aliphatic hydroxyl groups is 1. The van der Waals surface area contributed by atoms with E-state index in [4.69, 9.17) is 5.11 Å². The Kier molecular flexibility index (Phi) is 3.51. The van der Waals surface area contributed by atoms with Crippen LogP contribution in [0.3, 0.4) is 0 Å². The number of hydrogen-bond donors (Lipinski definition) is 1. The molecule has 0 spiro atoms. The molecule has 1 aromatic carbocycles. The zero-order chi connectivity index (χ0) is 11.2. The molecule has 0 radical (unpaired) electrons. The normalized spacial score (nSPS) is 11.1. The Labute approximate surface area is 94.7 Å². The Balaban J connectivity index is 2.22. The third-order valence-electron chi connectivity index (χ3n) is 2.37. The van der Waals surface area contributed by atoms with Gasteiger partial charge in [-0.15, -0.1) is 0 Å². The molecule has 1 heterocycles. The van der Waals surface area contributed by atoms with Crippen LogP contribution in [-0.4, -0.2) is 21.3 Å². The molecule has 0 amide bonds. The van der Waals surface area contributed by atoms with Crippen molar-refractivity contribution >= 4 is 6.08 Å². The number of rotatable bonds is 4. The van der Waals surface area contributed by atoms with Gasteiger partial charge in [0.25, 0.3) is 0 Å². The lowest BCUT2D eigenvalue weighted by molar-refractivity contribution is 0.343. The summed E-state index contributed by atoms with van der Waals surface area (Å²) >= 11 is 0. The van der Waals surface area contributed by atoms with Gasteiger partial charge in [-0.2, -0.15) is 0 Å². The van der Waals surface area contributed by atoms with E-state index in [-0.39, 0.29) is 6.61 Å². The number of aliphatic hydroxyl groups excluding tert-OH is 1. The highest BCUT2D eigenvalue weighted by Crippen LogP contribution is 2.12. The average molecular weight is 214 g/mol. The van der Waals surface area contributed by atoms with E-state index in [1.807, 2.05) is 35.0 Å². The van der Waals surface area contributed by atoms with E-state index in [0.29, 0.717) is 0 Å². The second-order valence-corrected chi connectivity index (χ2v) is 3.52. The molecule has 1 N–H and O–H groups in total. The highest BCUT2D eigenvalue weighted by atomic mass is 16.2. The summed E-state index contributed by atoms with van der Waals surface area (Å²) in [4.78, 5) is 4.02. The van der Waals surface area contributed by atoms with Crippen LogP contribution >= 0.6 is 0 Å². The molecule has 0 saturated carbocycles. The highest BCUT2D eigenvalue weighted by Gasteiger charge is 1.98. The fraction of sp³-hybridized carbons (Fsp3) is 0.154. The van der Waals surface area contributed by atoms with Crippen molar-refractivity contribution in [2.45, 2.75) is 6.54 Å². The first-order valence-corrected chi connectivity index (χ1v) is 5.21. The molecule has 0 unspecified atom stereocenters. The summed E-state index contributed by atoms with van der Waals surface area (Å²) < 4.78 is 2.02. The Morgan fingerprint density at radius 1 is 1.31 bits per heavy atom. The van der Waals surface area contributed by atoms with Gasteiger partial charge in [0.1, 0.15) is 0 Å². The van der Waals surface area contributed by atoms with Gasteiger partial charge in [0.05, 0.1) is 12.9 Å². The molecular weight excluding hydrogens is 200 g/mol. The van der Waals surface area contributed by atoms with Crippen molar-refractivity contribution in [3.05, 3.63) is 60.2 Å². The summed E-state index contributed by atoms with van der Waals surface area (Å²) in [7, 11) is 0. The zero-order valence-electron chi connectivity index (χ0n) is 8.95. The largest absolute Gasteiger partial charge is 0.392 e. The van der Waals surface area contributed by atoms with Crippen molar-refractivity contribution in [2.75, 3.05) is 6.61 Å². The third kappa shape index (κ3) is 2.58. The quantitative estimate of drug-likeness (QED) is 0.844. The second-order valence-electron chi connectivity index (χ2n) is 3.52. The molecule has 0 aliphatic carbocycles. The Morgan fingerprint density at radius 2 is 2.19 bits per heavy atom. The number of nitrogens with zero attached hydrogens (tertiary/aromatic N) is 2. The van der Waals surface area contributed by atoms with E-state index >= 15 is 0 Å². The van der Waals surface area contributed by atoms with Crippen molar-refractivity contribution in [2.24, 2.45) is 0 Å². The molecule has 2 rings (SSSR count). The number of hydrogen-bond acceptors (Lipinski definition) is 2. The van der Waals surface area contributed by atoms with Crippen LogP contribution in [0.2, 0.25) is 0 Å². The molecule has 0 aliphatic heterocycles. The number of imidazole rings is 1. The summed E-state index contributed by atoms with van der Waals surface area (Å²) in [6.07, 6.45) is 9.18. The molecule has 16 heavy (non-hydrogen) atoms. The monoisotopic (exact) mass is 214 g/mol. The van der Waals surface area contributed by atoms with Crippen LogP contribution in [0.4, 0.5) is 0 Å². The van der Waals surface area contributed by atoms with Gasteiger partial charge in [0.2, 0.25) is 0 Å². The second kappa shape index (κ2) is 5.28. The van der Waals surface area contributed by atoms with E-state index in [1.54, 1.807) is 18.6 Å². The van der Waals surface area contributed by atoms with Gasteiger partial charge in [-0.3, -0.25) is 0 Å². The van der Waals surface area contributed by atoms with E-state index in [0.717, 1.165) is 12.1 Å². The zero-order valence-corrected chi connectivity index (χ0v) is 8.95. The minimum absolute atomic E-state index is 0.0689. The van der Waals surface area contributed by atoms with Crippen LogP contribution in [0.5, 0.6) is 0 Å². The Bertz CT molecular complexity index is 461. The molecule has 0 bridgehead atoms. The standard InChI is InChI=1S/C13H14N2O/c16-9-3-6-12-4-1-2-5-13(12)10-15-8-7-14-11-15/h1-8,11,16H,9-10H2/b6-3-. The summed E-state index contributed by atoms with van der Waals surface area (Å²) in [5, 5.41) is 8.77. The smallest absolute Gasteiger partial charge is 0.0949 e. The van der Waals surface area contributed by atoms with Crippen LogP contribution in [0.15, 0.2) is 49.1 Å². The Hall–Kier alpha value is -1.87. The van der Waals surface area contributed by atoms with Crippen LogP contribution in [-0.2, 0) is 6.54 Å². The lowest BCUT2D eigenvalue weighted by Crippen LogP contribution is -1.98. The first-order chi connectivity index (χ1) is 7.90. The lowest BCUT2D eigenvalue weighted by atomic mass is 10.1. The van der Waals surface area contributed by atoms with Gasteiger partial charge in [-0.1, -0.05) is 36.4 Å². The fourth-order valence-electron chi connectivity index (χ4n) is 1.60. The maximum Gasteiger partial charge on any atom is 0.0949 e. The van der Waals surface area contributed by atoms with Gasteiger partial charge in [0, 0.05) is 18.9 Å². The molecule has 3 nitrogen and oxygen atoms in total. The molecule has 1 aromatic heterocycles. The molecule has 0 fully saturated rings. The summed E-state index contributed by atoms with van der Waals surface area (Å²) in [6.45, 7) is 0.866. The third-order valence-corrected chi connectivity index (χ3v) is 2.37. The first kappa shape index (κ1) is 10.6. The van der Waals surface area contributed by atoms with Crippen molar-refractivity contribution < 1.29 is 5.11 Å². The molecule has 0 atom stereocenters. The van der Waals surface area contributed by atoms with E-state index < -0.39 is 0 Å². The van der Waals surface area contributed by atoms with Crippen LogP contribution in [0.1, 0.15) is 11.1 Å². The fourth-order valence-corrected chi connectivity index (χ4v) is 1.60. The molecule has 3 heteroatoms. The maximum absolute atomic E-state index is 8.77. The molecule has 2 aromatic rings. The minimum atomic E-state index is 0.0689. The van der Waals surface area contributed by atoms with Gasteiger partial charge in [-0.05, 0) is 11.1 Å². The average Bonchev–Trinajstić information content (AvgIpc) is 2.81. The predicted molar refractivity (Wildman–Crippen MR) is 63.9 cm³/mol. The van der Waals surface area contributed by atoms with Crippen LogP contribution < -0.4 is 0 Å². The van der Waals surface area contributed by atoms with Gasteiger partial charge in [0.15, 0.2) is 0 Å². The summed E-state index contributed by atoms with van der Waals surface area (Å²) in [5.41, 5.74) is 2.34. The summed E-state index contributed by atoms with van der Waals surface area (Å²) in [6, 6.07) is 8.13.